The molecule has 2 amide bonds. The van der Waals surface area contributed by atoms with E-state index in [1.807, 2.05) is 115 Å². The molecule has 7 rings (SSSR count). The summed E-state index contributed by atoms with van der Waals surface area (Å²) in [6.45, 7) is 0.478. The molecule has 0 aliphatic heterocycles. The quantitative estimate of drug-likeness (QED) is 0.124. The zero-order valence-electron chi connectivity index (χ0n) is 29.0. The lowest BCUT2D eigenvalue weighted by Crippen LogP contribution is -2.43. The summed E-state index contributed by atoms with van der Waals surface area (Å²) in [4.78, 5) is 40.0. The van der Waals surface area contributed by atoms with Crippen molar-refractivity contribution in [3.63, 3.8) is 0 Å². The Morgan fingerprint density at radius 3 is 1.81 bits per heavy atom. The molecule has 0 fully saturated rings. The van der Waals surface area contributed by atoms with E-state index in [1.165, 1.54) is 10.9 Å². The second kappa shape index (κ2) is 16.6. The molecule has 0 saturated carbocycles. The van der Waals surface area contributed by atoms with E-state index in [1.54, 1.807) is 0 Å². The van der Waals surface area contributed by atoms with Crippen LogP contribution < -0.4 is 10.6 Å². The number of esters is 1. The number of amides is 2. The van der Waals surface area contributed by atoms with Crippen molar-refractivity contribution in [3.05, 3.63) is 179 Å². The standard InChI is InChI=1S/C43H39N5O5/c49-41(45-39(25-31-16-6-2-7-17-31)42(50)52-28-32-18-8-3-9-19-32)40-27-48(47-46-40)26-33(24-30-14-4-1-5-15-30)44-43(51)53-29-38-36-22-12-10-20-34(36)35-21-11-13-23-37(35)38/h1-23,27,33,38-39H,24-26,28-29H2,(H,44,51)(H,45,49). The van der Waals surface area contributed by atoms with E-state index >= 15 is 0 Å². The number of aromatic nitrogens is 3. The summed E-state index contributed by atoms with van der Waals surface area (Å²) in [6, 6.07) is 43.5. The number of rotatable bonds is 14. The molecular weight excluding hydrogens is 667 g/mol. The van der Waals surface area contributed by atoms with Crippen molar-refractivity contribution in [2.45, 2.75) is 44.0 Å². The van der Waals surface area contributed by atoms with E-state index in [0.717, 1.165) is 38.9 Å². The summed E-state index contributed by atoms with van der Waals surface area (Å²) in [7, 11) is 0. The minimum Gasteiger partial charge on any atom is -0.459 e. The van der Waals surface area contributed by atoms with E-state index in [4.69, 9.17) is 9.47 Å². The van der Waals surface area contributed by atoms with Gasteiger partial charge in [0.2, 0.25) is 0 Å². The molecule has 5 aromatic carbocycles. The van der Waals surface area contributed by atoms with Crippen LogP contribution >= 0.6 is 0 Å². The number of fused-ring (bicyclic) bond motifs is 3. The van der Waals surface area contributed by atoms with Crippen molar-refractivity contribution in [1.29, 1.82) is 0 Å². The van der Waals surface area contributed by atoms with Crippen LogP contribution in [0.4, 0.5) is 4.79 Å². The van der Waals surface area contributed by atoms with E-state index in [-0.39, 0.29) is 37.8 Å². The average Bonchev–Trinajstić information content (AvgIpc) is 3.79. The molecule has 266 valence electrons. The Labute approximate surface area is 307 Å². The van der Waals surface area contributed by atoms with Crippen molar-refractivity contribution in [2.24, 2.45) is 0 Å². The lowest BCUT2D eigenvalue weighted by molar-refractivity contribution is -0.147. The molecule has 2 atom stereocenters. The number of alkyl carbamates (subject to hydrolysis) is 1. The maximum Gasteiger partial charge on any atom is 0.407 e. The molecule has 10 heteroatoms. The molecule has 1 heterocycles. The number of hydrogen-bond donors (Lipinski definition) is 2. The van der Waals surface area contributed by atoms with Gasteiger partial charge in [-0.2, -0.15) is 0 Å². The lowest BCUT2D eigenvalue weighted by Gasteiger charge is -2.20. The molecule has 2 unspecified atom stereocenters. The van der Waals surface area contributed by atoms with Crippen LogP contribution in [0.25, 0.3) is 11.1 Å². The van der Waals surface area contributed by atoms with Crippen LogP contribution in [0, 0.1) is 0 Å². The first-order valence-electron chi connectivity index (χ1n) is 17.6. The molecule has 1 aliphatic rings. The second-order valence-electron chi connectivity index (χ2n) is 13.0. The highest BCUT2D eigenvalue weighted by Gasteiger charge is 2.30. The first kappa shape index (κ1) is 34.9. The molecule has 0 saturated heterocycles. The molecule has 1 aromatic heterocycles. The highest BCUT2D eigenvalue weighted by atomic mass is 16.5. The normalized spacial score (nSPS) is 12.9. The smallest absolute Gasteiger partial charge is 0.407 e. The summed E-state index contributed by atoms with van der Waals surface area (Å²) in [5.74, 6) is -1.20. The highest BCUT2D eigenvalue weighted by Crippen LogP contribution is 2.44. The minimum atomic E-state index is -0.958. The zero-order valence-corrected chi connectivity index (χ0v) is 29.0. The minimum absolute atomic E-state index is 0.0264. The number of nitrogens with one attached hydrogen (secondary N) is 2. The van der Waals surface area contributed by atoms with Crippen LogP contribution in [-0.2, 0) is 40.3 Å². The fourth-order valence-electron chi connectivity index (χ4n) is 6.69. The van der Waals surface area contributed by atoms with Crippen molar-refractivity contribution in [3.8, 4) is 11.1 Å². The first-order chi connectivity index (χ1) is 26.0. The monoisotopic (exact) mass is 705 g/mol. The molecule has 10 nitrogen and oxygen atoms in total. The van der Waals surface area contributed by atoms with Gasteiger partial charge in [-0.3, -0.25) is 4.79 Å². The summed E-state index contributed by atoms with van der Waals surface area (Å²) in [6.07, 6.45) is 1.67. The fourth-order valence-corrected chi connectivity index (χ4v) is 6.69. The van der Waals surface area contributed by atoms with Gasteiger partial charge in [0.25, 0.3) is 5.91 Å². The third kappa shape index (κ3) is 8.85. The Balaban J connectivity index is 1.01. The number of carbonyl (C=O) groups excluding carboxylic acids is 3. The summed E-state index contributed by atoms with van der Waals surface area (Å²) in [5, 5.41) is 14.1. The van der Waals surface area contributed by atoms with Gasteiger partial charge in [0.05, 0.1) is 18.8 Å². The van der Waals surface area contributed by atoms with Crippen molar-refractivity contribution in [2.75, 3.05) is 6.61 Å². The Bertz CT molecular complexity index is 2110. The molecule has 1 aliphatic carbocycles. The second-order valence-corrected chi connectivity index (χ2v) is 13.0. The molecule has 0 bridgehead atoms. The maximum absolute atomic E-state index is 13.5. The fraction of sp³-hybridized carbons (Fsp3) is 0.186. The number of benzene rings is 5. The zero-order chi connectivity index (χ0) is 36.4. The van der Waals surface area contributed by atoms with Gasteiger partial charge >= 0.3 is 12.1 Å². The van der Waals surface area contributed by atoms with E-state index < -0.39 is 30.1 Å². The first-order valence-corrected chi connectivity index (χ1v) is 17.6. The summed E-state index contributed by atoms with van der Waals surface area (Å²) < 4.78 is 12.9. The predicted octanol–water partition coefficient (Wildman–Crippen LogP) is 6.51. The summed E-state index contributed by atoms with van der Waals surface area (Å²) in [5.41, 5.74) is 7.30. The van der Waals surface area contributed by atoms with Gasteiger partial charge in [0.15, 0.2) is 5.69 Å². The molecule has 6 aromatic rings. The third-order valence-electron chi connectivity index (χ3n) is 9.27. The maximum atomic E-state index is 13.5. The van der Waals surface area contributed by atoms with E-state index in [2.05, 4.69) is 45.2 Å². The van der Waals surface area contributed by atoms with Gasteiger partial charge in [0, 0.05) is 12.3 Å². The van der Waals surface area contributed by atoms with E-state index in [9.17, 15) is 14.4 Å². The molecular formula is C43H39N5O5. The summed E-state index contributed by atoms with van der Waals surface area (Å²) >= 11 is 0. The largest absolute Gasteiger partial charge is 0.459 e. The predicted molar refractivity (Wildman–Crippen MR) is 200 cm³/mol. The molecule has 0 radical (unpaired) electrons. The van der Waals surface area contributed by atoms with Crippen LogP contribution in [0.15, 0.2) is 146 Å². The SMILES string of the molecule is O=C(NC(Cc1ccccc1)Cn1cc(C(=O)NC(Cc2ccccc2)C(=O)OCc2ccccc2)nn1)OCC1c2ccccc2-c2ccccc21. The average molecular weight is 706 g/mol. The Morgan fingerprint density at radius 1 is 0.642 bits per heavy atom. The van der Waals surface area contributed by atoms with Crippen LogP contribution in [0.1, 0.15) is 44.2 Å². The van der Waals surface area contributed by atoms with Crippen LogP contribution in [0.2, 0.25) is 0 Å². The molecule has 2 N–H and O–H groups in total. The Morgan fingerprint density at radius 2 is 1.19 bits per heavy atom. The highest BCUT2D eigenvalue weighted by molar-refractivity contribution is 5.95. The molecule has 0 spiro atoms. The topological polar surface area (TPSA) is 124 Å². The van der Waals surface area contributed by atoms with Crippen molar-refractivity contribution in [1.82, 2.24) is 25.6 Å². The van der Waals surface area contributed by atoms with Gasteiger partial charge in [-0.1, -0.05) is 145 Å². The molecule has 53 heavy (non-hydrogen) atoms. The Hall–Kier alpha value is -6.55. The van der Waals surface area contributed by atoms with Gasteiger partial charge < -0.3 is 20.1 Å². The van der Waals surface area contributed by atoms with Crippen LogP contribution in [0.5, 0.6) is 0 Å². The van der Waals surface area contributed by atoms with Gasteiger partial charge in [-0.05, 0) is 45.4 Å². The number of hydrogen-bond acceptors (Lipinski definition) is 7. The lowest BCUT2D eigenvalue weighted by atomic mass is 9.98. The van der Waals surface area contributed by atoms with E-state index in [0.29, 0.717) is 6.42 Å². The third-order valence-corrected chi connectivity index (χ3v) is 9.27. The number of nitrogens with zero attached hydrogens (tertiary/aromatic N) is 3. The van der Waals surface area contributed by atoms with Gasteiger partial charge in [-0.15, -0.1) is 5.10 Å². The number of ether oxygens (including phenoxy) is 2. The Kier molecular flexibility index (Phi) is 11.0. The van der Waals surface area contributed by atoms with Crippen LogP contribution in [-0.4, -0.2) is 51.7 Å². The number of carbonyl (C=O) groups is 3. The van der Waals surface area contributed by atoms with Gasteiger partial charge in [-0.25, -0.2) is 14.3 Å². The van der Waals surface area contributed by atoms with Crippen molar-refractivity contribution >= 4 is 18.0 Å². The van der Waals surface area contributed by atoms with Crippen LogP contribution in [0.3, 0.4) is 0 Å². The van der Waals surface area contributed by atoms with Gasteiger partial charge in [0.1, 0.15) is 19.3 Å². The van der Waals surface area contributed by atoms with Crippen molar-refractivity contribution < 1.29 is 23.9 Å².